The molecule has 0 fully saturated rings. The number of unbranched alkanes of at least 4 members (excludes halogenated alkanes) is 18. The molecule has 0 aliphatic heterocycles. The van der Waals surface area contributed by atoms with E-state index in [4.69, 9.17) is 14.2 Å². The maximum absolute atomic E-state index is 12.8. The fraction of sp³-hybridized carbons (Fsp3) is 0.667. The Morgan fingerprint density at radius 3 is 1.06 bits per heavy atom. The van der Waals surface area contributed by atoms with E-state index < -0.39 is 6.10 Å². The highest BCUT2D eigenvalue weighted by atomic mass is 16.6. The molecule has 0 spiro atoms. The van der Waals surface area contributed by atoms with Crippen molar-refractivity contribution in [3.05, 3.63) is 97.2 Å². The molecule has 0 radical (unpaired) electrons. The fourth-order valence-electron chi connectivity index (χ4n) is 6.72. The van der Waals surface area contributed by atoms with Gasteiger partial charge >= 0.3 is 17.9 Å². The van der Waals surface area contributed by atoms with Crippen molar-refractivity contribution in [1.29, 1.82) is 0 Å². The lowest BCUT2D eigenvalue weighted by Crippen LogP contribution is -2.30. The SMILES string of the molecule is CC/C=C\C/C=C\C/C=C\C/C=C\CCCCC(=O)O[C@@H](COC(=O)CCC/C=C\C/C=C\C/C=C\C/C=C\CCCCC)COC(=O)CCCCCCCCCCCCCCC. The van der Waals surface area contributed by atoms with Gasteiger partial charge in [0.25, 0.3) is 0 Å². The summed E-state index contributed by atoms with van der Waals surface area (Å²) in [5.74, 6) is -1.01. The third-order valence-electron chi connectivity index (χ3n) is 10.6. The van der Waals surface area contributed by atoms with E-state index in [1.54, 1.807) is 0 Å². The molecule has 0 amide bonds. The molecule has 0 N–H and O–H groups in total. The average Bonchev–Trinajstić information content (AvgIpc) is 3.28. The molecule has 1 atom stereocenters. The molecule has 0 aromatic carbocycles. The summed E-state index contributed by atoms with van der Waals surface area (Å²) in [5.41, 5.74) is 0. The molecule has 0 aromatic heterocycles. The van der Waals surface area contributed by atoms with Gasteiger partial charge < -0.3 is 14.2 Å². The lowest BCUT2D eigenvalue weighted by atomic mass is 10.0. The van der Waals surface area contributed by atoms with Crippen LogP contribution in [0, 0.1) is 0 Å². The van der Waals surface area contributed by atoms with Crippen LogP contribution in [0.1, 0.15) is 226 Å². The van der Waals surface area contributed by atoms with Crippen molar-refractivity contribution in [2.75, 3.05) is 13.2 Å². The zero-order valence-corrected chi connectivity index (χ0v) is 40.8. The van der Waals surface area contributed by atoms with Gasteiger partial charge in [-0.3, -0.25) is 14.4 Å². The topological polar surface area (TPSA) is 78.9 Å². The molecular formula is C57H94O6. The molecule has 0 saturated heterocycles. The van der Waals surface area contributed by atoms with Crippen molar-refractivity contribution >= 4 is 17.9 Å². The summed E-state index contributed by atoms with van der Waals surface area (Å²) in [6.07, 6.45) is 66.8. The van der Waals surface area contributed by atoms with E-state index in [-0.39, 0.29) is 44.0 Å². The monoisotopic (exact) mass is 875 g/mol. The van der Waals surface area contributed by atoms with Crippen LogP contribution < -0.4 is 0 Å². The van der Waals surface area contributed by atoms with Gasteiger partial charge in [0.15, 0.2) is 6.10 Å². The molecule has 0 saturated carbocycles. The van der Waals surface area contributed by atoms with Crippen molar-refractivity contribution in [1.82, 2.24) is 0 Å². The van der Waals surface area contributed by atoms with Crippen molar-refractivity contribution in [3.8, 4) is 0 Å². The van der Waals surface area contributed by atoms with Crippen LogP contribution >= 0.6 is 0 Å². The summed E-state index contributed by atoms with van der Waals surface area (Å²) >= 11 is 0. The summed E-state index contributed by atoms with van der Waals surface area (Å²) in [7, 11) is 0. The second kappa shape index (κ2) is 51.0. The van der Waals surface area contributed by atoms with E-state index in [2.05, 4.69) is 118 Å². The molecule has 0 unspecified atom stereocenters. The van der Waals surface area contributed by atoms with Crippen LogP contribution in [0.4, 0.5) is 0 Å². The molecule has 0 heterocycles. The minimum absolute atomic E-state index is 0.111. The minimum atomic E-state index is -0.820. The number of carbonyl (C=O) groups is 3. The first-order valence-corrected chi connectivity index (χ1v) is 25.7. The highest BCUT2D eigenvalue weighted by molar-refractivity contribution is 5.71. The van der Waals surface area contributed by atoms with E-state index in [1.807, 2.05) is 0 Å². The van der Waals surface area contributed by atoms with E-state index >= 15 is 0 Å². The number of rotatable bonds is 45. The second-order valence-electron chi connectivity index (χ2n) is 16.7. The zero-order valence-electron chi connectivity index (χ0n) is 40.8. The van der Waals surface area contributed by atoms with Crippen molar-refractivity contribution in [3.63, 3.8) is 0 Å². The second-order valence-corrected chi connectivity index (χ2v) is 16.7. The molecule has 0 rings (SSSR count). The van der Waals surface area contributed by atoms with Crippen LogP contribution in [0.25, 0.3) is 0 Å². The Bertz CT molecular complexity index is 1280. The molecule has 0 aliphatic carbocycles. The quantitative estimate of drug-likeness (QED) is 0.0262. The first-order chi connectivity index (χ1) is 31.0. The van der Waals surface area contributed by atoms with Crippen molar-refractivity contribution < 1.29 is 28.6 Å². The Morgan fingerprint density at radius 1 is 0.333 bits per heavy atom. The third-order valence-corrected chi connectivity index (χ3v) is 10.6. The molecule has 6 nitrogen and oxygen atoms in total. The largest absolute Gasteiger partial charge is 0.462 e. The van der Waals surface area contributed by atoms with Crippen LogP contribution in [0.5, 0.6) is 0 Å². The zero-order chi connectivity index (χ0) is 45.8. The number of hydrogen-bond donors (Lipinski definition) is 0. The highest BCUT2D eigenvalue weighted by Crippen LogP contribution is 2.14. The molecular weight excluding hydrogens is 781 g/mol. The standard InChI is InChI=1S/C57H94O6/c1-4-7-10-13-16-19-22-25-27-28-30-32-35-38-41-44-47-50-56(59)62-53-54(52-61-55(58)49-46-43-40-37-34-31-24-21-18-15-12-9-6-3)63-57(60)51-48-45-42-39-36-33-29-26-23-20-17-14-11-8-5-2/h8,11,16-17,19-20,25-27,29-30,32,36,38-39,41,54H,4-7,9-10,12-15,18,21-24,28,31,33-35,37,40,42-53H2,1-3H3/b11-8-,19-16-,20-17-,27-25-,29-26-,32-30-,39-36-,41-38-/t54-/m1/s1. The molecule has 6 heteroatoms. The van der Waals surface area contributed by atoms with Crippen LogP contribution in [0.15, 0.2) is 97.2 Å². The lowest BCUT2D eigenvalue weighted by molar-refractivity contribution is -0.167. The van der Waals surface area contributed by atoms with Gasteiger partial charge in [0.2, 0.25) is 0 Å². The molecule has 63 heavy (non-hydrogen) atoms. The normalized spacial score (nSPS) is 12.9. The highest BCUT2D eigenvalue weighted by Gasteiger charge is 2.19. The van der Waals surface area contributed by atoms with Crippen LogP contribution in [0.2, 0.25) is 0 Å². The summed E-state index contributed by atoms with van der Waals surface area (Å²) in [6.45, 7) is 6.40. The molecule has 0 aromatic rings. The lowest BCUT2D eigenvalue weighted by Gasteiger charge is -2.18. The van der Waals surface area contributed by atoms with Gasteiger partial charge in [-0.05, 0) is 96.3 Å². The predicted molar refractivity (Wildman–Crippen MR) is 270 cm³/mol. The smallest absolute Gasteiger partial charge is 0.306 e. The minimum Gasteiger partial charge on any atom is -0.462 e. The van der Waals surface area contributed by atoms with Gasteiger partial charge in [-0.15, -0.1) is 0 Å². The Hall–Kier alpha value is -3.67. The molecule has 358 valence electrons. The van der Waals surface area contributed by atoms with E-state index in [0.717, 1.165) is 83.5 Å². The van der Waals surface area contributed by atoms with Crippen molar-refractivity contribution in [2.45, 2.75) is 232 Å². The third kappa shape index (κ3) is 49.2. The Balaban J connectivity index is 4.54. The Kier molecular flexibility index (Phi) is 48.0. The van der Waals surface area contributed by atoms with Crippen LogP contribution in [-0.2, 0) is 28.6 Å². The number of carbonyl (C=O) groups excluding carboxylic acids is 3. The van der Waals surface area contributed by atoms with E-state index in [9.17, 15) is 14.4 Å². The first kappa shape index (κ1) is 59.3. The fourth-order valence-corrected chi connectivity index (χ4v) is 6.72. The summed E-state index contributed by atoms with van der Waals surface area (Å²) < 4.78 is 16.7. The summed E-state index contributed by atoms with van der Waals surface area (Å²) in [5, 5.41) is 0. The van der Waals surface area contributed by atoms with Gasteiger partial charge in [0.1, 0.15) is 13.2 Å². The number of esters is 3. The molecule has 0 aliphatic rings. The van der Waals surface area contributed by atoms with E-state index in [0.29, 0.717) is 19.3 Å². The Labute approximate surface area is 387 Å². The maximum Gasteiger partial charge on any atom is 0.306 e. The average molecular weight is 875 g/mol. The first-order valence-electron chi connectivity index (χ1n) is 25.7. The van der Waals surface area contributed by atoms with Gasteiger partial charge in [0.05, 0.1) is 0 Å². The van der Waals surface area contributed by atoms with E-state index in [1.165, 1.54) is 89.9 Å². The number of ether oxygens (including phenoxy) is 3. The number of allylic oxidation sites excluding steroid dienone is 16. The summed E-state index contributed by atoms with van der Waals surface area (Å²) in [4.78, 5) is 37.9. The van der Waals surface area contributed by atoms with Gasteiger partial charge in [-0.25, -0.2) is 0 Å². The Morgan fingerprint density at radius 2 is 0.635 bits per heavy atom. The maximum atomic E-state index is 12.8. The summed E-state index contributed by atoms with van der Waals surface area (Å²) in [6, 6.07) is 0. The molecule has 0 bridgehead atoms. The number of hydrogen-bond acceptors (Lipinski definition) is 6. The van der Waals surface area contributed by atoms with Crippen molar-refractivity contribution in [2.24, 2.45) is 0 Å². The van der Waals surface area contributed by atoms with Gasteiger partial charge in [-0.2, -0.15) is 0 Å². The van der Waals surface area contributed by atoms with Gasteiger partial charge in [0, 0.05) is 19.3 Å². The van der Waals surface area contributed by atoms with Crippen LogP contribution in [-0.4, -0.2) is 37.2 Å². The van der Waals surface area contributed by atoms with Crippen LogP contribution in [0.3, 0.4) is 0 Å². The van der Waals surface area contributed by atoms with Gasteiger partial charge in [-0.1, -0.05) is 208 Å². The predicted octanol–water partition coefficient (Wildman–Crippen LogP) is 17.0.